The number of sulfonamides is 1. The fourth-order valence-corrected chi connectivity index (χ4v) is 4.06. The van der Waals surface area contributed by atoms with Crippen molar-refractivity contribution in [2.24, 2.45) is 0 Å². The first kappa shape index (κ1) is 23.1. The maximum Gasteiger partial charge on any atom is 0.305 e. The lowest BCUT2D eigenvalue weighted by molar-refractivity contribution is -0.140. The molecule has 0 heterocycles. The number of nitrogens with one attached hydrogen (secondary N) is 2. The highest BCUT2D eigenvalue weighted by Crippen LogP contribution is 2.28. The van der Waals surface area contributed by atoms with Crippen LogP contribution >= 0.6 is 12.2 Å². The predicted molar refractivity (Wildman–Crippen MR) is 109 cm³/mol. The van der Waals surface area contributed by atoms with Gasteiger partial charge in [-0.3, -0.25) is 4.79 Å². The predicted octanol–water partition coefficient (Wildman–Crippen LogP) is 1.97. The second kappa shape index (κ2) is 11.1. The minimum Gasteiger partial charge on any atom is -0.495 e. The molecule has 8 nitrogen and oxygen atoms in total. The van der Waals surface area contributed by atoms with Crippen molar-refractivity contribution < 1.29 is 22.7 Å². The van der Waals surface area contributed by atoms with E-state index in [4.69, 9.17) is 17.0 Å². The smallest absolute Gasteiger partial charge is 0.305 e. The second-order valence-corrected chi connectivity index (χ2v) is 7.86. The van der Waals surface area contributed by atoms with Crippen molar-refractivity contribution in [3.63, 3.8) is 0 Å². The van der Waals surface area contributed by atoms with Gasteiger partial charge < -0.3 is 20.1 Å². The first-order valence-electron chi connectivity index (χ1n) is 8.59. The Morgan fingerprint density at radius 3 is 2.44 bits per heavy atom. The molecule has 0 aliphatic heterocycles. The molecular weight excluding hydrogens is 390 g/mol. The molecule has 0 atom stereocenters. The minimum absolute atomic E-state index is 0.156. The topological polar surface area (TPSA) is 97.0 Å². The largest absolute Gasteiger partial charge is 0.495 e. The molecule has 0 aliphatic rings. The quantitative estimate of drug-likeness (QED) is 0.339. The van der Waals surface area contributed by atoms with E-state index in [-0.39, 0.29) is 17.3 Å². The molecule has 0 fully saturated rings. The van der Waals surface area contributed by atoms with Crippen molar-refractivity contribution in [1.29, 1.82) is 0 Å². The Balaban J connectivity index is 2.87. The van der Waals surface area contributed by atoms with Gasteiger partial charge in [-0.05, 0) is 36.8 Å². The molecule has 0 unspecified atom stereocenters. The summed E-state index contributed by atoms with van der Waals surface area (Å²) in [6.07, 6.45) is 0.842. The number of rotatable bonds is 10. The average Bonchev–Trinajstić information content (AvgIpc) is 2.65. The summed E-state index contributed by atoms with van der Waals surface area (Å²) in [4.78, 5) is 11.2. The monoisotopic (exact) mass is 417 g/mol. The first-order valence-corrected chi connectivity index (χ1v) is 10.4. The highest BCUT2D eigenvalue weighted by atomic mass is 32.2. The van der Waals surface area contributed by atoms with Gasteiger partial charge in [-0.2, -0.15) is 4.31 Å². The lowest BCUT2D eigenvalue weighted by atomic mass is 10.3. The van der Waals surface area contributed by atoms with Crippen molar-refractivity contribution in [3.05, 3.63) is 18.2 Å². The Hall–Kier alpha value is -1.91. The third-order valence-electron chi connectivity index (χ3n) is 3.83. The van der Waals surface area contributed by atoms with Gasteiger partial charge in [0.25, 0.3) is 0 Å². The molecule has 0 radical (unpaired) electrons. The second-order valence-electron chi connectivity index (χ2n) is 5.51. The van der Waals surface area contributed by atoms with Gasteiger partial charge in [-0.15, -0.1) is 0 Å². The van der Waals surface area contributed by atoms with E-state index in [0.717, 1.165) is 0 Å². The maximum absolute atomic E-state index is 12.7. The van der Waals surface area contributed by atoms with Crippen molar-refractivity contribution in [1.82, 2.24) is 9.62 Å². The molecule has 152 valence electrons. The molecule has 0 bridgehead atoms. The van der Waals surface area contributed by atoms with E-state index in [1.54, 1.807) is 19.9 Å². The van der Waals surface area contributed by atoms with Crippen LogP contribution < -0.4 is 15.4 Å². The number of ether oxygens (including phenoxy) is 2. The van der Waals surface area contributed by atoms with Crippen LogP contribution in [-0.2, 0) is 19.6 Å². The zero-order valence-electron chi connectivity index (χ0n) is 16.1. The van der Waals surface area contributed by atoms with Crippen LogP contribution in [0, 0.1) is 0 Å². The number of carbonyl (C=O) groups is 1. The molecule has 1 rings (SSSR count). The van der Waals surface area contributed by atoms with Gasteiger partial charge in [0, 0.05) is 26.1 Å². The SMILES string of the molecule is CCN(CC)S(=O)(=O)c1ccc(OC)c(NC(=S)NCCCC(=O)OC)c1. The molecule has 0 saturated heterocycles. The number of methoxy groups -OCH3 is 2. The summed E-state index contributed by atoms with van der Waals surface area (Å²) in [5.41, 5.74) is 0.441. The van der Waals surface area contributed by atoms with Gasteiger partial charge in [0.05, 0.1) is 24.8 Å². The molecular formula is C17H27N3O5S2. The van der Waals surface area contributed by atoms with Crippen molar-refractivity contribution >= 4 is 39.0 Å². The number of anilines is 1. The third-order valence-corrected chi connectivity index (χ3v) is 6.13. The van der Waals surface area contributed by atoms with Crippen LogP contribution in [0.1, 0.15) is 26.7 Å². The van der Waals surface area contributed by atoms with E-state index in [1.165, 1.54) is 30.7 Å². The summed E-state index contributed by atoms with van der Waals surface area (Å²) in [6.45, 7) is 4.82. The summed E-state index contributed by atoms with van der Waals surface area (Å²) in [6, 6.07) is 4.58. The van der Waals surface area contributed by atoms with E-state index in [9.17, 15) is 13.2 Å². The van der Waals surface area contributed by atoms with Crippen LogP contribution in [0.2, 0.25) is 0 Å². The molecule has 0 spiro atoms. The average molecular weight is 418 g/mol. The summed E-state index contributed by atoms with van der Waals surface area (Å²) < 4.78 is 36.6. The van der Waals surface area contributed by atoms with E-state index >= 15 is 0 Å². The number of esters is 1. The minimum atomic E-state index is -3.60. The lowest BCUT2D eigenvalue weighted by Gasteiger charge is -2.20. The Bertz CT molecular complexity index is 749. The number of thiocarbonyl (C=S) groups is 1. The Morgan fingerprint density at radius 2 is 1.89 bits per heavy atom. The Kier molecular flexibility index (Phi) is 9.47. The molecule has 0 aromatic heterocycles. The van der Waals surface area contributed by atoms with Crippen LogP contribution in [0.3, 0.4) is 0 Å². The summed E-state index contributed by atoms with van der Waals surface area (Å²) in [7, 11) is -0.762. The van der Waals surface area contributed by atoms with Crippen molar-refractivity contribution in [2.45, 2.75) is 31.6 Å². The normalized spacial score (nSPS) is 11.1. The van der Waals surface area contributed by atoms with Gasteiger partial charge in [-0.25, -0.2) is 8.42 Å². The Morgan fingerprint density at radius 1 is 1.22 bits per heavy atom. The highest BCUT2D eigenvalue weighted by Gasteiger charge is 2.23. The molecule has 10 heteroatoms. The molecule has 1 aromatic rings. The molecule has 1 aromatic carbocycles. The zero-order chi connectivity index (χ0) is 20.4. The molecule has 27 heavy (non-hydrogen) atoms. The molecule has 2 N–H and O–H groups in total. The van der Waals surface area contributed by atoms with E-state index < -0.39 is 10.0 Å². The number of benzene rings is 1. The highest BCUT2D eigenvalue weighted by molar-refractivity contribution is 7.89. The molecule has 0 amide bonds. The molecule has 0 saturated carbocycles. The number of nitrogens with zero attached hydrogens (tertiary/aromatic N) is 1. The standard InChI is InChI=1S/C17H27N3O5S2/c1-5-20(6-2)27(22,23)13-9-10-15(24-3)14(12-13)19-17(26)18-11-7-8-16(21)25-4/h9-10,12H,5-8,11H2,1-4H3,(H2,18,19,26). The fraction of sp³-hybridized carbons (Fsp3) is 0.529. The van der Waals surface area contributed by atoms with Crippen molar-refractivity contribution in [2.75, 3.05) is 39.2 Å². The number of hydrogen-bond acceptors (Lipinski definition) is 6. The van der Waals surface area contributed by atoms with Gasteiger partial charge in [0.2, 0.25) is 10.0 Å². The van der Waals surface area contributed by atoms with Gasteiger partial charge in [0.15, 0.2) is 5.11 Å². The third kappa shape index (κ3) is 6.64. The summed E-state index contributed by atoms with van der Waals surface area (Å²) >= 11 is 5.23. The van der Waals surface area contributed by atoms with Crippen LogP contribution in [0.5, 0.6) is 5.75 Å². The van der Waals surface area contributed by atoms with Gasteiger partial charge >= 0.3 is 5.97 Å². The summed E-state index contributed by atoms with van der Waals surface area (Å²) in [5.74, 6) is 0.180. The Labute approximate surface area is 166 Å². The van der Waals surface area contributed by atoms with Gasteiger partial charge in [-0.1, -0.05) is 13.8 Å². The van der Waals surface area contributed by atoms with Gasteiger partial charge in [0.1, 0.15) is 5.75 Å². The number of carbonyl (C=O) groups excluding carboxylic acids is 1. The molecule has 0 aliphatic carbocycles. The van der Waals surface area contributed by atoms with Crippen LogP contribution in [0.25, 0.3) is 0 Å². The van der Waals surface area contributed by atoms with Crippen LogP contribution in [-0.4, -0.2) is 57.7 Å². The van der Waals surface area contributed by atoms with Crippen LogP contribution in [0.15, 0.2) is 23.1 Å². The maximum atomic E-state index is 12.7. The van der Waals surface area contributed by atoms with Crippen molar-refractivity contribution in [3.8, 4) is 5.75 Å². The van der Waals surface area contributed by atoms with E-state index in [1.807, 2.05) is 0 Å². The lowest BCUT2D eigenvalue weighted by Crippen LogP contribution is -2.31. The summed E-state index contributed by atoms with van der Waals surface area (Å²) in [5, 5.41) is 6.21. The van der Waals surface area contributed by atoms with E-state index in [0.29, 0.717) is 42.6 Å². The fourth-order valence-electron chi connectivity index (χ4n) is 2.36. The first-order chi connectivity index (χ1) is 12.8. The number of hydrogen-bond donors (Lipinski definition) is 2. The van der Waals surface area contributed by atoms with Crippen LogP contribution in [0.4, 0.5) is 5.69 Å². The zero-order valence-corrected chi connectivity index (χ0v) is 17.7. The van der Waals surface area contributed by atoms with E-state index in [2.05, 4.69) is 15.4 Å².